The highest BCUT2D eigenvalue weighted by Crippen LogP contribution is 2.42. The van der Waals surface area contributed by atoms with Crippen molar-refractivity contribution in [3.05, 3.63) is 0 Å². The molecule has 3 heterocycles. The van der Waals surface area contributed by atoms with Crippen molar-refractivity contribution in [2.45, 2.75) is 25.3 Å². The molecule has 0 amide bonds. The zero-order valence-corrected chi connectivity index (χ0v) is 6.12. The van der Waals surface area contributed by atoms with Gasteiger partial charge in [-0.15, -0.1) is 0 Å². The molecule has 2 heteroatoms. The summed E-state index contributed by atoms with van der Waals surface area (Å²) >= 11 is 0. The van der Waals surface area contributed by atoms with Crippen LogP contribution in [0, 0.1) is 11.8 Å². The largest absolute Gasteiger partial charge is 0.298 e. The zero-order valence-electron chi connectivity index (χ0n) is 6.12. The monoisotopic (exact) mass is 139 g/mol. The van der Waals surface area contributed by atoms with Crippen molar-refractivity contribution in [3.8, 4) is 0 Å². The van der Waals surface area contributed by atoms with Crippen LogP contribution in [0.15, 0.2) is 0 Å². The Morgan fingerprint density at radius 3 is 3.00 bits per heavy atom. The summed E-state index contributed by atoms with van der Waals surface area (Å²) in [4.78, 5) is 5.54. The standard InChI is InChI=1S/C8H13NO/c1-2-8-7-3-6(1)4-9(8)10-5-7/h6-8H,1-5H2. The average molecular weight is 139 g/mol. The first-order valence-corrected chi connectivity index (χ1v) is 4.33. The molecule has 4 rings (SSSR count). The molecule has 0 radical (unpaired) electrons. The van der Waals surface area contributed by atoms with E-state index in [9.17, 15) is 0 Å². The van der Waals surface area contributed by atoms with Crippen molar-refractivity contribution in [3.63, 3.8) is 0 Å². The number of hydrogen-bond donors (Lipinski definition) is 0. The predicted octanol–water partition coefficient (Wildman–Crippen LogP) is 1.03. The fourth-order valence-corrected chi connectivity index (χ4v) is 2.80. The summed E-state index contributed by atoms with van der Waals surface area (Å²) in [5.41, 5.74) is 0. The Morgan fingerprint density at radius 2 is 2.30 bits per heavy atom. The van der Waals surface area contributed by atoms with E-state index in [0.29, 0.717) is 0 Å². The van der Waals surface area contributed by atoms with Gasteiger partial charge in [0.2, 0.25) is 0 Å². The van der Waals surface area contributed by atoms with Gasteiger partial charge in [0, 0.05) is 18.5 Å². The second-order valence-corrected chi connectivity index (χ2v) is 3.90. The number of fused-ring (bicyclic) bond motifs is 1. The van der Waals surface area contributed by atoms with Crippen molar-refractivity contribution in [1.82, 2.24) is 5.06 Å². The first-order valence-electron chi connectivity index (χ1n) is 4.33. The predicted molar refractivity (Wildman–Crippen MR) is 37.3 cm³/mol. The third-order valence-corrected chi connectivity index (χ3v) is 3.31. The van der Waals surface area contributed by atoms with Gasteiger partial charge in [0.05, 0.1) is 6.61 Å². The van der Waals surface area contributed by atoms with Gasteiger partial charge in [-0.05, 0) is 25.2 Å². The molecule has 3 saturated heterocycles. The van der Waals surface area contributed by atoms with E-state index in [0.717, 1.165) is 24.5 Å². The van der Waals surface area contributed by atoms with Gasteiger partial charge in [0.15, 0.2) is 0 Å². The normalized spacial score (nSPS) is 57.6. The van der Waals surface area contributed by atoms with Gasteiger partial charge < -0.3 is 0 Å². The molecule has 56 valence electrons. The van der Waals surface area contributed by atoms with E-state index in [-0.39, 0.29) is 0 Å². The molecule has 0 aromatic carbocycles. The number of piperidine rings is 2. The van der Waals surface area contributed by atoms with Gasteiger partial charge in [-0.2, -0.15) is 5.06 Å². The van der Waals surface area contributed by atoms with Crippen molar-refractivity contribution < 1.29 is 4.84 Å². The van der Waals surface area contributed by atoms with Gasteiger partial charge in [-0.1, -0.05) is 0 Å². The molecule has 1 aliphatic carbocycles. The summed E-state index contributed by atoms with van der Waals surface area (Å²) in [6.07, 6.45) is 4.30. The SMILES string of the molecule is C1CC2C3CON2CC1C3. The van der Waals surface area contributed by atoms with E-state index in [1.807, 2.05) is 0 Å². The Kier molecular flexibility index (Phi) is 0.968. The second-order valence-electron chi connectivity index (χ2n) is 3.90. The van der Waals surface area contributed by atoms with Crippen LogP contribution in [-0.2, 0) is 4.84 Å². The average Bonchev–Trinajstić information content (AvgIpc) is 2.29. The van der Waals surface area contributed by atoms with Crippen LogP contribution in [0.2, 0.25) is 0 Å². The minimum absolute atomic E-state index is 0.810. The second kappa shape index (κ2) is 1.74. The number of hydrogen-bond acceptors (Lipinski definition) is 2. The first-order chi connectivity index (χ1) is 4.93. The Balaban J connectivity index is 1.94. The molecular weight excluding hydrogens is 126 g/mol. The molecule has 0 N–H and O–H groups in total. The lowest BCUT2D eigenvalue weighted by Gasteiger charge is -2.41. The Hall–Kier alpha value is -0.0800. The van der Waals surface area contributed by atoms with E-state index < -0.39 is 0 Å². The summed E-state index contributed by atoms with van der Waals surface area (Å²) in [5.74, 6) is 1.87. The van der Waals surface area contributed by atoms with E-state index >= 15 is 0 Å². The van der Waals surface area contributed by atoms with Gasteiger partial charge in [0.25, 0.3) is 0 Å². The summed E-state index contributed by atoms with van der Waals surface area (Å²) in [6, 6.07) is 0.810. The summed E-state index contributed by atoms with van der Waals surface area (Å²) in [6.45, 7) is 2.24. The van der Waals surface area contributed by atoms with E-state index in [4.69, 9.17) is 4.84 Å². The molecule has 4 fully saturated rings. The van der Waals surface area contributed by atoms with Crippen LogP contribution in [-0.4, -0.2) is 24.3 Å². The van der Waals surface area contributed by atoms with Gasteiger partial charge in [0.1, 0.15) is 0 Å². The van der Waals surface area contributed by atoms with E-state index in [1.54, 1.807) is 0 Å². The molecule has 10 heavy (non-hydrogen) atoms. The van der Waals surface area contributed by atoms with Crippen LogP contribution >= 0.6 is 0 Å². The lowest BCUT2D eigenvalue weighted by molar-refractivity contribution is -0.159. The smallest absolute Gasteiger partial charge is 0.0729 e. The van der Waals surface area contributed by atoms with Crippen molar-refractivity contribution in [2.24, 2.45) is 11.8 Å². The number of rotatable bonds is 0. The van der Waals surface area contributed by atoms with Crippen LogP contribution in [0.5, 0.6) is 0 Å². The van der Waals surface area contributed by atoms with Crippen LogP contribution in [0.25, 0.3) is 0 Å². The molecule has 4 bridgehead atoms. The van der Waals surface area contributed by atoms with Gasteiger partial charge in [-0.25, -0.2) is 0 Å². The summed E-state index contributed by atoms with van der Waals surface area (Å²) < 4.78 is 0. The van der Waals surface area contributed by atoms with Gasteiger partial charge in [-0.3, -0.25) is 4.84 Å². The van der Waals surface area contributed by atoms with Crippen LogP contribution < -0.4 is 0 Å². The third-order valence-electron chi connectivity index (χ3n) is 3.31. The molecule has 4 aliphatic rings. The maximum atomic E-state index is 5.54. The molecule has 4 atom stereocenters. The fourth-order valence-electron chi connectivity index (χ4n) is 2.80. The Labute approximate surface area is 61.1 Å². The van der Waals surface area contributed by atoms with Crippen LogP contribution in [0.1, 0.15) is 19.3 Å². The minimum atomic E-state index is 0.810. The Morgan fingerprint density at radius 1 is 1.30 bits per heavy atom. The third kappa shape index (κ3) is 0.565. The molecule has 3 aliphatic heterocycles. The highest BCUT2D eigenvalue weighted by molar-refractivity contribution is 4.93. The lowest BCUT2D eigenvalue weighted by Crippen LogP contribution is -2.46. The van der Waals surface area contributed by atoms with E-state index in [1.165, 1.54) is 25.8 Å². The summed E-state index contributed by atoms with van der Waals surface area (Å²) in [7, 11) is 0. The van der Waals surface area contributed by atoms with Crippen molar-refractivity contribution in [1.29, 1.82) is 0 Å². The maximum Gasteiger partial charge on any atom is 0.0729 e. The molecule has 0 aromatic rings. The molecule has 0 aromatic heterocycles. The summed E-state index contributed by atoms with van der Waals surface area (Å²) in [5, 5.41) is 2.24. The van der Waals surface area contributed by atoms with E-state index in [2.05, 4.69) is 5.06 Å². The van der Waals surface area contributed by atoms with Gasteiger partial charge >= 0.3 is 0 Å². The molecule has 0 spiro atoms. The zero-order chi connectivity index (χ0) is 6.55. The number of nitrogens with zero attached hydrogens (tertiary/aromatic N) is 1. The lowest BCUT2D eigenvalue weighted by atomic mass is 9.75. The highest BCUT2D eigenvalue weighted by atomic mass is 16.7. The number of hydroxylamine groups is 2. The fraction of sp³-hybridized carbons (Fsp3) is 1.00. The maximum absolute atomic E-state index is 5.54. The van der Waals surface area contributed by atoms with Crippen molar-refractivity contribution >= 4 is 0 Å². The van der Waals surface area contributed by atoms with Crippen LogP contribution in [0.3, 0.4) is 0 Å². The first kappa shape index (κ1) is 5.56. The molecular formula is C8H13NO. The quantitative estimate of drug-likeness (QED) is 0.497. The minimum Gasteiger partial charge on any atom is -0.298 e. The highest BCUT2D eigenvalue weighted by Gasteiger charge is 2.45. The Bertz CT molecular complexity index is 145. The van der Waals surface area contributed by atoms with Crippen molar-refractivity contribution in [2.75, 3.05) is 13.2 Å². The molecule has 2 nitrogen and oxygen atoms in total. The topological polar surface area (TPSA) is 12.5 Å². The molecule has 1 saturated carbocycles. The van der Waals surface area contributed by atoms with Crippen LogP contribution in [0.4, 0.5) is 0 Å². The molecule has 4 unspecified atom stereocenters.